The van der Waals surface area contributed by atoms with Crippen molar-refractivity contribution >= 4 is 0 Å². The van der Waals surface area contributed by atoms with Crippen molar-refractivity contribution in [2.45, 2.75) is 193 Å². The molecule has 7 rings (SSSR count). The Kier molecular flexibility index (Phi) is 21.5. The van der Waals surface area contributed by atoms with Gasteiger partial charge in [0.25, 0.3) is 0 Å². The number of methoxy groups -OCH3 is 6. The van der Waals surface area contributed by atoms with Gasteiger partial charge in [0.1, 0.15) is 34.5 Å². The van der Waals surface area contributed by atoms with E-state index in [1.54, 1.807) is 0 Å². The molecule has 0 radical (unpaired) electrons. The fourth-order valence-corrected chi connectivity index (χ4v) is 12.6. The molecule has 0 aliphatic heterocycles. The third-order valence-electron chi connectivity index (χ3n) is 17.8. The first kappa shape index (κ1) is 73.4. The maximum atomic E-state index is 11.0. The highest BCUT2D eigenvalue weighted by Gasteiger charge is 2.40. The van der Waals surface area contributed by atoms with Gasteiger partial charge in [-0.05, 0) is 99.1 Å². The molecule has 0 heterocycles. The van der Waals surface area contributed by atoms with Crippen LogP contribution in [0.25, 0.3) is 62.7 Å². The van der Waals surface area contributed by atoms with Crippen molar-refractivity contribution in [1.82, 2.24) is 0 Å². The second-order valence-electron chi connectivity index (χ2n) is 30.3. The van der Waals surface area contributed by atoms with Gasteiger partial charge in [-0.15, -0.1) is 0 Å². The number of rotatable bonds is 12. The van der Waals surface area contributed by atoms with E-state index < -0.39 is 68.7 Å². The highest BCUT2D eigenvalue weighted by molar-refractivity contribution is 5.66. The maximum absolute atomic E-state index is 11.0. The Bertz CT molecular complexity index is 3450. The summed E-state index contributed by atoms with van der Waals surface area (Å²) in [6.45, 7) is 36.4. The highest BCUT2D eigenvalue weighted by atomic mass is 16.5. The van der Waals surface area contributed by atoms with Gasteiger partial charge in [-0.1, -0.05) is 228 Å². The first-order valence-corrected chi connectivity index (χ1v) is 31.5. The Morgan fingerprint density at radius 3 is 0.375 bits per heavy atom. The molecular formula is C72H90N18O6. The van der Waals surface area contributed by atoms with Crippen LogP contribution in [-0.2, 0) is 32.5 Å². The van der Waals surface area contributed by atoms with Crippen LogP contribution in [0.1, 0.15) is 261 Å². The van der Waals surface area contributed by atoms with Gasteiger partial charge < -0.3 is 28.4 Å². The van der Waals surface area contributed by atoms with Crippen LogP contribution >= 0.6 is 0 Å². The third kappa shape index (κ3) is 14.5. The van der Waals surface area contributed by atoms with E-state index in [1.165, 1.54) is 42.7 Å². The molecule has 6 aromatic rings. The Labute approximate surface area is 562 Å². The molecule has 0 spiro atoms. The van der Waals surface area contributed by atoms with Gasteiger partial charge in [-0.2, -0.15) is 0 Å². The smallest absolute Gasteiger partial charge is 0.126 e. The summed E-state index contributed by atoms with van der Waals surface area (Å²) in [5.74, 6) is 1.05. The minimum atomic E-state index is -1.30. The molecule has 1 aliphatic rings. The third-order valence-corrected chi connectivity index (χ3v) is 17.8. The molecule has 96 heavy (non-hydrogen) atoms. The first-order valence-electron chi connectivity index (χ1n) is 31.5. The average molecular weight is 1300 g/mol. The SMILES string of the molecule is COc1c2cc(C(C)(C)C)cc1C(N=[N+]=[N-])c1cc(C(C)(C)C)cc(c1OC)C(N=[N+]=[N-])c1cc(C(C)(C)C)cc(c1OC)C(N=[N+]=[N-])c1cc(C(C)(C)C)cc(c1OC)C(N=[N+]=[N-])c1cc(C(C)(C)C)cc(c1OC)C(N=[N+]=[N-])c1cc(C(C)(C)C)cc(c1OC)C2N=[N+]=[N-]. The van der Waals surface area contributed by atoms with E-state index in [9.17, 15) is 33.2 Å². The van der Waals surface area contributed by atoms with Crippen molar-refractivity contribution in [1.29, 1.82) is 0 Å². The van der Waals surface area contributed by atoms with Gasteiger partial charge in [0, 0.05) is 96.2 Å². The molecule has 0 N–H and O–H groups in total. The van der Waals surface area contributed by atoms with E-state index in [-0.39, 0.29) is 34.5 Å². The topological polar surface area (TPSA) is 348 Å². The number of hydrogen-bond acceptors (Lipinski definition) is 12. The molecule has 0 atom stereocenters. The number of nitrogens with zero attached hydrogens (tertiary/aromatic N) is 18. The van der Waals surface area contributed by atoms with Gasteiger partial charge in [0.15, 0.2) is 0 Å². The zero-order valence-electron chi connectivity index (χ0n) is 59.9. The molecular weight excluding hydrogens is 1210 g/mol. The van der Waals surface area contributed by atoms with Crippen LogP contribution in [0, 0.1) is 0 Å². The largest absolute Gasteiger partial charge is 0.496 e. The Morgan fingerprint density at radius 1 is 0.219 bits per heavy atom. The minimum absolute atomic E-state index is 0.176. The van der Waals surface area contributed by atoms with Crippen molar-refractivity contribution in [3.05, 3.63) is 236 Å². The molecule has 0 unspecified atom stereocenters. The Morgan fingerprint density at radius 2 is 0.312 bits per heavy atom. The maximum Gasteiger partial charge on any atom is 0.126 e. The van der Waals surface area contributed by atoms with Crippen molar-refractivity contribution in [3.63, 3.8) is 0 Å². The van der Waals surface area contributed by atoms with E-state index in [0.29, 0.717) is 66.8 Å². The molecule has 1 aliphatic carbocycles. The lowest BCUT2D eigenvalue weighted by molar-refractivity contribution is 0.384. The normalized spacial score (nSPS) is 17.4. The molecule has 0 amide bonds. The second kappa shape index (κ2) is 28.1. The summed E-state index contributed by atoms with van der Waals surface area (Å²) in [6.07, 6.45) is 0. The lowest BCUT2D eigenvalue weighted by Crippen LogP contribution is -2.20. The zero-order valence-corrected chi connectivity index (χ0v) is 59.9. The van der Waals surface area contributed by atoms with Gasteiger partial charge in [-0.3, -0.25) is 0 Å². The zero-order chi connectivity index (χ0) is 71.5. The van der Waals surface area contributed by atoms with Crippen LogP contribution in [0.15, 0.2) is 103 Å². The van der Waals surface area contributed by atoms with Crippen LogP contribution < -0.4 is 28.4 Å². The summed E-state index contributed by atoms with van der Waals surface area (Å²) >= 11 is 0. The van der Waals surface area contributed by atoms with Gasteiger partial charge in [0.2, 0.25) is 0 Å². The molecule has 0 saturated heterocycles. The summed E-state index contributed by atoms with van der Waals surface area (Å²) in [5.41, 5.74) is 70.5. The fourth-order valence-electron chi connectivity index (χ4n) is 12.6. The van der Waals surface area contributed by atoms with Crippen molar-refractivity contribution in [2.24, 2.45) is 30.7 Å². The second-order valence-corrected chi connectivity index (χ2v) is 30.3. The van der Waals surface area contributed by atoms with Gasteiger partial charge >= 0.3 is 0 Å². The number of ether oxygens (including phenoxy) is 6. The first-order chi connectivity index (χ1) is 44.9. The van der Waals surface area contributed by atoms with Gasteiger partial charge in [0.05, 0.1) is 78.9 Å². The quantitative estimate of drug-likeness (QED) is 0.0650. The fraction of sp³-hybridized carbons (Fsp3) is 0.500. The van der Waals surface area contributed by atoms with E-state index in [4.69, 9.17) is 28.4 Å². The number of hydrogen-bond donors (Lipinski definition) is 0. The van der Waals surface area contributed by atoms with Crippen LogP contribution in [0.2, 0.25) is 0 Å². The monoisotopic (exact) mass is 1300 g/mol. The van der Waals surface area contributed by atoms with Crippen LogP contribution in [0.3, 0.4) is 0 Å². The number of azide groups is 6. The molecule has 24 heteroatoms. The average Bonchev–Trinajstić information content (AvgIpc) is 0.749. The summed E-state index contributed by atoms with van der Waals surface area (Å²) in [6, 6.07) is 15.1. The molecule has 504 valence electrons. The van der Waals surface area contributed by atoms with E-state index in [1.807, 2.05) is 197 Å². The highest BCUT2D eigenvalue weighted by Crippen LogP contribution is 2.56. The molecule has 12 bridgehead atoms. The van der Waals surface area contributed by atoms with E-state index in [2.05, 4.69) is 60.2 Å². The summed E-state index contributed by atoms with van der Waals surface area (Å²) in [4.78, 5) is 21.2. The molecule has 0 fully saturated rings. The van der Waals surface area contributed by atoms with Crippen LogP contribution in [0.5, 0.6) is 34.5 Å². The van der Waals surface area contributed by atoms with Gasteiger partial charge in [-0.25, -0.2) is 0 Å². The molecule has 6 aromatic carbocycles. The summed E-state index contributed by atoms with van der Waals surface area (Å²) in [7, 11) is 8.87. The van der Waals surface area contributed by atoms with E-state index in [0.717, 1.165) is 33.4 Å². The Hall–Kier alpha value is -10.0. The van der Waals surface area contributed by atoms with Crippen molar-refractivity contribution < 1.29 is 28.4 Å². The lowest BCUT2D eigenvalue weighted by Gasteiger charge is -2.33. The number of benzene rings is 6. The number of fused-ring (bicyclic) bond motifs is 12. The lowest BCUT2D eigenvalue weighted by atomic mass is 9.76. The predicted molar refractivity (Wildman–Crippen MR) is 376 cm³/mol. The van der Waals surface area contributed by atoms with Crippen LogP contribution in [0.4, 0.5) is 0 Å². The summed E-state index contributed by atoms with van der Waals surface area (Å²) in [5, 5.41) is 27.8. The standard InChI is InChI=1S/C72H90N18O6/c1-67(2,3)37-25-43-55(79-85-73)45-27-38(68(4,5)6)29-47(62(45)92-20)57(81-87-75)49-31-40(70(10,11)12)33-51(64(49)94-22)59(83-89-77)53-35-42(72(16,17)18)36-54(66(53)96-24)60(84-90-78)52-34-41(71(13,14)15)32-50(65(52)95-23)58(82-88-76)48-30-39(69(7,8)9)28-46(63(48)93-21)56(80-86-74)44(26-37)61(43)91-19/h25-36,55-60H,1-24H3. The van der Waals surface area contributed by atoms with Crippen molar-refractivity contribution in [3.8, 4) is 34.5 Å². The Balaban J connectivity index is 1.95. The van der Waals surface area contributed by atoms with Crippen LogP contribution in [-0.4, -0.2) is 42.7 Å². The summed E-state index contributed by atoms with van der Waals surface area (Å²) < 4.78 is 39.6. The molecule has 0 aromatic heterocycles. The molecule has 24 nitrogen and oxygen atoms in total. The molecule has 0 saturated carbocycles. The minimum Gasteiger partial charge on any atom is -0.496 e. The van der Waals surface area contributed by atoms with Crippen molar-refractivity contribution in [2.75, 3.05) is 42.7 Å². The van der Waals surface area contributed by atoms with E-state index >= 15 is 0 Å². The predicted octanol–water partition coefficient (Wildman–Crippen LogP) is 22.2.